The number of rotatable bonds is 5. The summed E-state index contributed by atoms with van der Waals surface area (Å²) in [5.74, 6) is -0.349. The van der Waals surface area contributed by atoms with E-state index in [0.29, 0.717) is 6.61 Å². The van der Waals surface area contributed by atoms with Gasteiger partial charge in [0, 0.05) is 6.08 Å². The Kier molecular flexibility index (Phi) is 5.86. The number of hydrogen-bond acceptors (Lipinski definition) is 3. The van der Waals surface area contributed by atoms with Crippen LogP contribution in [0.3, 0.4) is 0 Å². The third-order valence-electron chi connectivity index (χ3n) is 4.95. The van der Waals surface area contributed by atoms with Gasteiger partial charge in [-0.1, -0.05) is 45.0 Å². The van der Waals surface area contributed by atoms with Crippen LogP contribution in [0.4, 0.5) is 0 Å². The molecular formula is C21H28O3Si. The molecule has 0 amide bonds. The number of carbonyl (C=O) groups is 1. The Balaban J connectivity index is 2.15. The van der Waals surface area contributed by atoms with Crippen molar-refractivity contribution >= 4 is 31.1 Å². The summed E-state index contributed by atoms with van der Waals surface area (Å²) in [6, 6.07) is 12.5. The summed E-state index contributed by atoms with van der Waals surface area (Å²) in [7, 11) is -0.367. The first-order valence-electron chi connectivity index (χ1n) is 8.55. The number of ether oxygens (including phenoxy) is 1. The van der Waals surface area contributed by atoms with E-state index in [1.165, 1.54) is 24.1 Å². The second-order valence-corrected chi connectivity index (χ2v) is 12.7. The first kappa shape index (κ1) is 19.4. The van der Waals surface area contributed by atoms with Crippen LogP contribution in [-0.2, 0) is 20.6 Å². The maximum absolute atomic E-state index is 11.2. The minimum Gasteiger partial charge on any atom is -0.466 e. The smallest absolute Gasteiger partial charge is 0.330 e. The number of hydrogen-bond donors (Lipinski definition) is 0. The van der Waals surface area contributed by atoms with Crippen LogP contribution in [0.15, 0.2) is 42.5 Å². The van der Waals surface area contributed by atoms with Gasteiger partial charge in [0.2, 0.25) is 0 Å². The fraction of sp³-hybridized carbons (Fsp3) is 0.381. The van der Waals surface area contributed by atoms with E-state index in [2.05, 4.69) is 68.9 Å². The minimum absolute atomic E-state index is 0.213. The van der Waals surface area contributed by atoms with E-state index in [1.807, 2.05) is 6.07 Å². The zero-order chi connectivity index (χ0) is 18.7. The summed E-state index contributed by atoms with van der Waals surface area (Å²) in [4.78, 5) is 11.2. The average Bonchev–Trinajstić information content (AvgIpc) is 2.56. The topological polar surface area (TPSA) is 35.5 Å². The molecule has 0 N–H and O–H groups in total. The number of esters is 1. The van der Waals surface area contributed by atoms with Gasteiger partial charge in [-0.2, -0.15) is 0 Å². The van der Waals surface area contributed by atoms with E-state index in [0.717, 1.165) is 10.9 Å². The molecule has 2 aromatic carbocycles. The van der Waals surface area contributed by atoms with Crippen LogP contribution in [0.5, 0.6) is 0 Å². The molecule has 0 spiro atoms. The molecule has 0 aliphatic heterocycles. The zero-order valence-electron chi connectivity index (χ0n) is 16.1. The molecule has 25 heavy (non-hydrogen) atoms. The SMILES string of the molecule is COC(=O)C=Cc1ccc2cc(CO[Si](C)(C)C(C)(C)C)ccc2c1. The Labute approximate surface area is 151 Å². The zero-order valence-corrected chi connectivity index (χ0v) is 17.1. The van der Waals surface area contributed by atoms with Gasteiger partial charge in [-0.05, 0) is 58.2 Å². The molecule has 0 unspecified atom stereocenters. The average molecular weight is 357 g/mol. The lowest BCUT2D eigenvalue weighted by atomic mass is 10.0. The van der Waals surface area contributed by atoms with Crippen molar-refractivity contribution in [2.45, 2.75) is 45.5 Å². The quantitative estimate of drug-likeness (QED) is 0.400. The van der Waals surface area contributed by atoms with Crippen LogP contribution >= 0.6 is 0 Å². The monoisotopic (exact) mass is 356 g/mol. The van der Waals surface area contributed by atoms with E-state index in [4.69, 9.17) is 4.43 Å². The van der Waals surface area contributed by atoms with Gasteiger partial charge in [-0.15, -0.1) is 0 Å². The largest absolute Gasteiger partial charge is 0.466 e. The predicted molar refractivity (Wildman–Crippen MR) is 107 cm³/mol. The molecule has 0 atom stereocenters. The molecule has 2 rings (SSSR count). The third-order valence-corrected chi connectivity index (χ3v) is 9.43. The van der Waals surface area contributed by atoms with Crippen molar-refractivity contribution in [3.8, 4) is 0 Å². The van der Waals surface area contributed by atoms with E-state index in [9.17, 15) is 4.79 Å². The lowest BCUT2D eigenvalue weighted by Gasteiger charge is -2.36. The Morgan fingerprint density at radius 3 is 2.36 bits per heavy atom. The Bertz CT molecular complexity index is 785. The van der Waals surface area contributed by atoms with Crippen molar-refractivity contribution in [2.24, 2.45) is 0 Å². The molecular weight excluding hydrogens is 328 g/mol. The van der Waals surface area contributed by atoms with Crippen LogP contribution in [0.2, 0.25) is 18.1 Å². The molecule has 4 heteroatoms. The van der Waals surface area contributed by atoms with E-state index >= 15 is 0 Å². The molecule has 0 saturated heterocycles. The maximum atomic E-state index is 11.2. The highest BCUT2D eigenvalue weighted by atomic mass is 28.4. The normalized spacial score (nSPS) is 12.7. The lowest BCUT2D eigenvalue weighted by Crippen LogP contribution is -2.40. The number of methoxy groups -OCH3 is 1. The molecule has 0 fully saturated rings. The van der Waals surface area contributed by atoms with Crippen molar-refractivity contribution in [3.63, 3.8) is 0 Å². The number of benzene rings is 2. The highest BCUT2D eigenvalue weighted by Crippen LogP contribution is 2.37. The van der Waals surface area contributed by atoms with Crippen molar-refractivity contribution in [1.29, 1.82) is 0 Å². The Morgan fingerprint density at radius 1 is 1.08 bits per heavy atom. The summed E-state index contributed by atoms with van der Waals surface area (Å²) in [6.07, 6.45) is 3.20. The van der Waals surface area contributed by atoms with Gasteiger partial charge < -0.3 is 9.16 Å². The minimum atomic E-state index is -1.74. The predicted octanol–water partition coefficient (Wildman–Crippen LogP) is 5.55. The molecule has 3 nitrogen and oxygen atoms in total. The molecule has 0 heterocycles. The molecule has 2 aromatic rings. The Hall–Kier alpha value is -1.91. The van der Waals surface area contributed by atoms with Crippen LogP contribution < -0.4 is 0 Å². The standard InChI is InChI=1S/C21H28O3Si/c1-21(2,3)25(5,6)24-15-17-8-11-18-13-16(7-10-19(18)14-17)9-12-20(22)23-4/h7-14H,15H2,1-6H3. The first-order chi connectivity index (χ1) is 11.6. The summed E-state index contributed by atoms with van der Waals surface area (Å²) in [5.41, 5.74) is 2.17. The second kappa shape index (κ2) is 7.54. The van der Waals surface area contributed by atoms with Gasteiger partial charge in [-0.3, -0.25) is 0 Å². The fourth-order valence-corrected chi connectivity index (χ4v) is 3.18. The first-order valence-corrected chi connectivity index (χ1v) is 11.5. The van der Waals surface area contributed by atoms with Crippen molar-refractivity contribution in [3.05, 3.63) is 53.6 Å². The maximum Gasteiger partial charge on any atom is 0.330 e. The van der Waals surface area contributed by atoms with E-state index in [-0.39, 0.29) is 11.0 Å². The third kappa shape index (κ3) is 5.03. The van der Waals surface area contributed by atoms with Crippen LogP contribution in [0.1, 0.15) is 31.9 Å². The van der Waals surface area contributed by atoms with Crippen LogP contribution in [0, 0.1) is 0 Å². The Morgan fingerprint density at radius 2 is 1.72 bits per heavy atom. The van der Waals surface area contributed by atoms with Crippen LogP contribution in [-0.4, -0.2) is 21.4 Å². The summed E-state index contributed by atoms with van der Waals surface area (Å²) in [5, 5.41) is 2.53. The van der Waals surface area contributed by atoms with Gasteiger partial charge in [0.1, 0.15) is 0 Å². The van der Waals surface area contributed by atoms with Gasteiger partial charge in [0.05, 0.1) is 13.7 Å². The molecule has 134 valence electrons. The van der Waals surface area contributed by atoms with Crippen molar-refractivity contribution < 1.29 is 14.0 Å². The van der Waals surface area contributed by atoms with Gasteiger partial charge >= 0.3 is 5.97 Å². The molecule has 0 bridgehead atoms. The number of carbonyl (C=O) groups excluding carboxylic acids is 1. The second-order valence-electron chi connectivity index (χ2n) is 7.85. The van der Waals surface area contributed by atoms with Crippen molar-refractivity contribution in [2.75, 3.05) is 7.11 Å². The van der Waals surface area contributed by atoms with E-state index < -0.39 is 8.32 Å². The highest BCUT2D eigenvalue weighted by molar-refractivity contribution is 6.74. The molecule has 0 saturated carbocycles. The van der Waals surface area contributed by atoms with Crippen molar-refractivity contribution in [1.82, 2.24) is 0 Å². The van der Waals surface area contributed by atoms with Gasteiger partial charge in [-0.25, -0.2) is 4.79 Å². The van der Waals surface area contributed by atoms with E-state index in [1.54, 1.807) is 6.08 Å². The molecule has 0 aliphatic carbocycles. The molecule has 0 aromatic heterocycles. The molecule has 0 aliphatic rings. The highest BCUT2D eigenvalue weighted by Gasteiger charge is 2.36. The van der Waals surface area contributed by atoms with Gasteiger partial charge in [0.15, 0.2) is 8.32 Å². The van der Waals surface area contributed by atoms with Gasteiger partial charge in [0.25, 0.3) is 0 Å². The fourth-order valence-electron chi connectivity index (χ4n) is 2.22. The summed E-state index contributed by atoms with van der Waals surface area (Å²) >= 11 is 0. The lowest BCUT2D eigenvalue weighted by molar-refractivity contribution is -0.134. The summed E-state index contributed by atoms with van der Waals surface area (Å²) < 4.78 is 10.9. The number of fused-ring (bicyclic) bond motifs is 1. The molecule has 0 radical (unpaired) electrons. The van der Waals surface area contributed by atoms with Crippen LogP contribution in [0.25, 0.3) is 16.8 Å². The summed E-state index contributed by atoms with van der Waals surface area (Å²) in [6.45, 7) is 12.0.